The third-order valence-electron chi connectivity index (χ3n) is 2.04. The van der Waals surface area contributed by atoms with Crippen LogP contribution in [-0.2, 0) is 4.74 Å². The number of aromatic nitrogens is 1. The Morgan fingerprint density at radius 3 is 3.00 bits per heavy atom. The van der Waals surface area contributed by atoms with Crippen LogP contribution in [-0.4, -0.2) is 18.1 Å². The number of halogens is 1. The van der Waals surface area contributed by atoms with Crippen molar-refractivity contribution in [1.29, 1.82) is 0 Å². The maximum Gasteiger partial charge on any atom is 0.338 e. The molecule has 0 aliphatic rings. The van der Waals surface area contributed by atoms with Crippen LogP contribution in [0.3, 0.4) is 0 Å². The van der Waals surface area contributed by atoms with Gasteiger partial charge in [0.2, 0.25) is 0 Å². The number of benzene rings is 1. The average Bonchev–Trinajstić information content (AvgIpc) is 2.56. The fourth-order valence-electron chi connectivity index (χ4n) is 1.41. The summed E-state index contributed by atoms with van der Waals surface area (Å²) in [5.41, 5.74) is 1.35. The summed E-state index contributed by atoms with van der Waals surface area (Å²) in [5.74, 6) is -0.355. The predicted molar refractivity (Wildman–Crippen MR) is 54.6 cm³/mol. The molecule has 3 nitrogen and oxygen atoms in total. The lowest BCUT2D eigenvalue weighted by Crippen LogP contribution is -2.00. The number of carbonyl (C=O) groups is 1. The van der Waals surface area contributed by atoms with Gasteiger partial charge in [0, 0.05) is 10.9 Å². The zero-order valence-electron chi connectivity index (χ0n) is 7.50. The lowest BCUT2D eigenvalue weighted by Gasteiger charge is -1.99. The summed E-state index contributed by atoms with van der Waals surface area (Å²) in [4.78, 5) is 14.3. The molecule has 1 aromatic heterocycles. The molecule has 1 heterocycles. The van der Waals surface area contributed by atoms with Crippen LogP contribution >= 0.6 is 11.6 Å². The van der Waals surface area contributed by atoms with Gasteiger partial charge in [-0.05, 0) is 18.2 Å². The van der Waals surface area contributed by atoms with Gasteiger partial charge in [-0.25, -0.2) is 4.79 Å². The molecule has 4 heteroatoms. The summed E-state index contributed by atoms with van der Waals surface area (Å²) in [6.45, 7) is 0. The minimum Gasteiger partial charge on any atom is -0.465 e. The van der Waals surface area contributed by atoms with E-state index in [0.29, 0.717) is 10.7 Å². The summed E-state index contributed by atoms with van der Waals surface area (Å²) in [6.07, 6.45) is 0. The zero-order chi connectivity index (χ0) is 10.1. The van der Waals surface area contributed by atoms with Gasteiger partial charge in [0.05, 0.1) is 12.7 Å². The predicted octanol–water partition coefficient (Wildman–Crippen LogP) is 2.61. The highest BCUT2D eigenvalue weighted by atomic mass is 35.5. The summed E-state index contributed by atoms with van der Waals surface area (Å²) >= 11 is 5.80. The molecule has 0 atom stereocenters. The number of esters is 1. The Kier molecular flexibility index (Phi) is 2.17. The van der Waals surface area contributed by atoms with Crippen LogP contribution in [0, 0.1) is 0 Å². The van der Waals surface area contributed by atoms with Crippen molar-refractivity contribution < 1.29 is 9.53 Å². The maximum absolute atomic E-state index is 11.4. The molecule has 14 heavy (non-hydrogen) atoms. The van der Waals surface area contributed by atoms with E-state index >= 15 is 0 Å². The van der Waals surface area contributed by atoms with E-state index in [2.05, 4.69) is 9.72 Å². The maximum atomic E-state index is 11.4. The van der Waals surface area contributed by atoms with Crippen molar-refractivity contribution >= 4 is 28.5 Å². The lowest BCUT2D eigenvalue weighted by molar-refractivity contribution is 0.0603. The highest BCUT2D eigenvalue weighted by molar-refractivity contribution is 6.31. The molecule has 0 bridgehead atoms. The van der Waals surface area contributed by atoms with Gasteiger partial charge in [-0.2, -0.15) is 0 Å². The number of nitrogens with one attached hydrogen (secondary N) is 1. The Hall–Kier alpha value is -1.48. The van der Waals surface area contributed by atoms with E-state index in [-0.39, 0.29) is 5.97 Å². The first-order valence-corrected chi connectivity index (χ1v) is 4.45. The van der Waals surface area contributed by atoms with Crippen LogP contribution in [0.2, 0.25) is 5.15 Å². The number of hydrogen-bond donors (Lipinski definition) is 1. The highest BCUT2D eigenvalue weighted by Crippen LogP contribution is 2.22. The number of aromatic amines is 1. The minimum absolute atomic E-state index is 0.355. The van der Waals surface area contributed by atoms with Crippen molar-refractivity contribution in [1.82, 2.24) is 4.98 Å². The Balaban J connectivity index is 2.70. The second-order valence-corrected chi connectivity index (χ2v) is 3.28. The molecule has 1 aromatic carbocycles. The average molecular weight is 210 g/mol. The molecule has 0 aliphatic heterocycles. The molecule has 0 aliphatic carbocycles. The molecule has 0 saturated heterocycles. The van der Waals surface area contributed by atoms with Gasteiger partial charge in [0.15, 0.2) is 0 Å². The standard InChI is InChI=1S/C10H8ClNO2/c1-14-10(13)6-3-2-4-8-7(6)5-9(11)12-8/h2-5,12H,1H3. The number of rotatable bonds is 1. The van der Waals surface area contributed by atoms with Gasteiger partial charge in [0.25, 0.3) is 0 Å². The van der Waals surface area contributed by atoms with Gasteiger partial charge >= 0.3 is 5.97 Å². The van der Waals surface area contributed by atoms with E-state index in [4.69, 9.17) is 11.6 Å². The molecular formula is C10H8ClNO2. The fourth-order valence-corrected chi connectivity index (χ4v) is 1.62. The van der Waals surface area contributed by atoms with Gasteiger partial charge < -0.3 is 9.72 Å². The Bertz CT molecular complexity index is 490. The van der Waals surface area contributed by atoms with Crippen molar-refractivity contribution in [2.45, 2.75) is 0 Å². The van der Waals surface area contributed by atoms with Crippen molar-refractivity contribution in [3.63, 3.8) is 0 Å². The van der Waals surface area contributed by atoms with Crippen molar-refractivity contribution in [2.75, 3.05) is 7.11 Å². The van der Waals surface area contributed by atoms with Crippen molar-refractivity contribution in [3.8, 4) is 0 Å². The normalized spacial score (nSPS) is 10.4. The monoisotopic (exact) mass is 209 g/mol. The van der Waals surface area contributed by atoms with E-state index in [1.165, 1.54) is 7.11 Å². The van der Waals surface area contributed by atoms with Gasteiger partial charge in [-0.3, -0.25) is 0 Å². The van der Waals surface area contributed by atoms with Gasteiger partial charge in [-0.1, -0.05) is 17.7 Å². The largest absolute Gasteiger partial charge is 0.465 e. The first kappa shape index (κ1) is 9.09. The highest BCUT2D eigenvalue weighted by Gasteiger charge is 2.11. The number of methoxy groups -OCH3 is 1. The summed E-state index contributed by atoms with van der Waals surface area (Å²) < 4.78 is 4.66. The van der Waals surface area contributed by atoms with Crippen LogP contribution in [0.25, 0.3) is 10.9 Å². The van der Waals surface area contributed by atoms with Crippen molar-refractivity contribution in [3.05, 3.63) is 35.0 Å². The third-order valence-corrected chi connectivity index (χ3v) is 2.24. The van der Waals surface area contributed by atoms with E-state index in [1.54, 1.807) is 18.2 Å². The number of H-pyrrole nitrogens is 1. The third kappa shape index (κ3) is 1.36. The fraction of sp³-hybridized carbons (Fsp3) is 0.100. The molecule has 0 fully saturated rings. The summed E-state index contributed by atoms with van der Waals surface area (Å²) in [6, 6.07) is 7.05. The second kappa shape index (κ2) is 3.35. The van der Waals surface area contributed by atoms with Crippen LogP contribution in [0.1, 0.15) is 10.4 Å². The SMILES string of the molecule is COC(=O)c1cccc2[nH]c(Cl)cc12. The molecule has 2 aromatic rings. The van der Waals surface area contributed by atoms with Crippen LogP contribution in [0.5, 0.6) is 0 Å². The van der Waals surface area contributed by atoms with Crippen molar-refractivity contribution in [2.24, 2.45) is 0 Å². The van der Waals surface area contributed by atoms with E-state index < -0.39 is 0 Å². The molecule has 72 valence electrons. The number of carbonyl (C=O) groups excluding carboxylic acids is 1. The second-order valence-electron chi connectivity index (χ2n) is 2.88. The van der Waals surface area contributed by atoms with Crippen LogP contribution in [0.15, 0.2) is 24.3 Å². The first-order valence-electron chi connectivity index (χ1n) is 4.08. The number of hydrogen-bond acceptors (Lipinski definition) is 2. The molecule has 0 spiro atoms. The smallest absolute Gasteiger partial charge is 0.338 e. The summed E-state index contributed by atoms with van der Waals surface area (Å²) in [7, 11) is 1.36. The molecule has 2 rings (SSSR count). The number of fused-ring (bicyclic) bond motifs is 1. The molecular weight excluding hydrogens is 202 g/mol. The zero-order valence-corrected chi connectivity index (χ0v) is 8.26. The topological polar surface area (TPSA) is 42.1 Å². The summed E-state index contributed by atoms with van der Waals surface area (Å²) in [5, 5.41) is 1.29. The lowest BCUT2D eigenvalue weighted by atomic mass is 10.1. The molecule has 1 N–H and O–H groups in total. The van der Waals surface area contributed by atoms with Gasteiger partial charge in [-0.15, -0.1) is 0 Å². The van der Waals surface area contributed by atoms with Crippen LogP contribution in [0.4, 0.5) is 0 Å². The first-order chi connectivity index (χ1) is 6.72. The molecule has 0 amide bonds. The molecule has 0 unspecified atom stereocenters. The molecule has 0 radical (unpaired) electrons. The molecule has 0 saturated carbocycles. The minimum atomic E-state index is -0.355. The van der Waals surface area contributed by atoms with Crippen LogP contribution < -0.4 is 0 Å². The van der Waals surface area contributed by atoms with E-state index in [0.717, 1.165) is 10.9 Å². The Morgan fingerprint density at radius 1 is 1.50 bits per heavy atom. The Labute approximate surface area is 85.6 Å². The Morgan fingerprint density at radius 2 is 2.29 bits per heavy atom. The van der Waals surface area contributed by atoms with E-state index in [1.807, 2.05) is 6.07 Å². The van der Waals surface area contributed by atoms with E-state index in [9.17, 15) is 4.79 Å². The number of ether oxygens (including phenoxy) is 1. The van der Waals surface area contributed by atoms with Gasteiger partial charge in [0.1, 0.15) is 5.15 Å². The quantitative estimate of drug-likeness (QED) is 0.734.